The molecule has 0 aromatic heterocycles. The van der Waals surface area contributed by atoms with Crippen LogP contribution in [0, 0.1) is 0 Å². The van der Waals surface area contributed by atoms with E-state index in [2.05, 4.69) is 0 Å². The summed E-state index contributed by atoms with van der Waals surface area (Å²) in [6.45, 7) is 5.19. The summed E-state index contributed by atoms with van der Waals surface area (Å²) in [5, 5.41) is 0. The lowest BCUT2D eigenvalue weighted by Crippen LogP contribution is -2.45. The van der Waals surface area contributed by atoms with Crippen molar-refractivity contribution in [2.75, 3.05) is 53.7 Å². The largest absolute Gasteiger partial charge is 0.465 e. The molecule has 0 saturated carbocycles. The van der Waals surface area contributed by atoms with Crippen LogP contribution in [0.4, 0.5) is 0 Å². The van der Waals surface area contributed by atoms with E-state index in [1.807, 2.05) is 4.90 Å². The maximum Gasteiger partial charge on any atom is 0.324 e. The van der Waals surface area contributed by atoms with Crippen LogP contribution >= 0.6 is 0 Å². The standard InChI is InChI=1S/C11H24N2O4/c1-4-17-11(14)10(12)9-13(5-7-15-2)6-8-16-3/h10H,4-9,12H2,1-3H3. The number of hydrogen-bond donors (Lipinski definition) is 1. The van der Waals surface area contributed by atoms with E-state index in [9.17, 15) is 4.79 Å². The summed E-state index contributed by atoms with van der Waals surface area (Å²) in [7, 11) is 3.28. The van der Waals surface area contributed by atoms with Crippen LogP contribution in [0.25, 0.3) is 0 Å². The molecule has 17 heavy (non-hydrogen) atoms. The van der Waals surface area contributed by atoms with Crippen LogP contribution in [0.2, 0.25) is 0 Å². The number of carbonyl (C=O) groups is 1. The predicted octanol–water partition coefficient (Wildman–Crippen LogP) is -0.528. The van der Waals surface area contributed by atoms with Gasteiger partial charge in [-0.15, -0.1) is 0 Å². The van der Waals surface area contributed by atoms with Crippen LogP contribution in [0.3, 0.4) is 0 Å². The number of ether oxygens (including phenoxy) is 3. The lowest BCUT2D eigenvalue weighted by molar-refractivity contribution is -0.145. The molecule has 1 atom stereocenters. The second-order valence-electron chi connectivity index (χ2n) is 3.64. The highest BCUT2D eigenvalue weighted by Crippen LogP contribution is 1.94. The lowest BCUT2D eigenvalue weighted by Gasteiger charge is -2.24. The van der Waals surface area contributed by atoms with Gasteiger partial charge in [-0.25, -0.2) is 0 Å². The first-order chi connectivity index (χ1) is 8.15. The van der Waals surface area contributed by atoms with Crippen molar-refractivity contribution in [2.24, 2.45) is 5.73 Å². The summed E-state index contributed by atoms with van der Waals surface area (Å²) in [5.41, 5.74) is 5.75. The molecule has 0 heterocycles. The number of nitrogens with two attached hydrogens (primary N) is 1. The second-order valence-corrected chi connectivity index (χ2v) is 3.64. The van der Waals surface area contributed by atoms with E-state index in [1.165, 1.54) is 0 Å². The van der Waals surface area contributed by atoms with Crippen LogP contribution in [-0.2, 0) is 19.0 Å². The predicted molar refractivity (Wildman–Crippen MR) is 64.8 cm³/mol. The van der Waals surface area contributed by atoms with Gasteiger partial charge in [0.2, 0.25) is 0 Å². The minimum atomic E-state index is -0.622. The van der Waals surface area contributed by atoms with E-state index in [0.717, 1.165) is 0 Å². The number of carbonyl (C=O) groups excluding carboxylic acids is 1. The molecule has 0 amide bonds. The van der Waals surface area contributed by atoms with Crippen LogP contribution in [0.15, 0.2) is 0 Å². The Balaban J connectivity index is 4.05. The molecule has 0 bridgehead atoms. The first-order valence-corrected chi connectivity index (χ1v) is 5.78. The number of nitrogens with zero attached hydrogens (tertiary/aromatic N) is 1. The molecular weight excluding hydrogens is 224 g/mol. The van der Waals surface area contributed by atoms with Gasteiger partial charge in [0.15, 0.2) is 0 Å². The SMILES string of the molecule is CCOC(=O)C(N)CN(CCOC)CCOC. The molecule has 0 aromatic carbocycles. The third kappa shape index (κ3) is 8.09. The van der Waals surface area contributed by atoms with Crippen LogP contribution < -0.4 is 5.73 Å². The summed E-state index contributed by atoms with van der Waals surface area (Å²) in [6.07, 6.45) is 0. The average molecular weight is 248 g/mol. The zero-order valence-corrected chi connectivity index (χ0v) is 11.0. The lowest BCUT2D eigenvalue weighted by atomic mass is 10.3. The molecule has 0 aromatic rings. The van der Waals surface area contributed by atoms with Gasteiger partial charge in [-0.2, -0.15) is 0 Å². The van der Waals surface area contributed by atoms with E-state index in [1.54, 1.807) is 21.1 Å². The van der Waals surface area contributed by atoms with Gasteiger partial charge in [-0.05, 0) is 6.92 Å². The topological polar surface area (TPSA) is 74.0 Å². The first kappa shape index (κ1) is 16.3. The van der Waals surface area contributed by atoms with E-state index in [4.69, 9.17) is 19.9 Å². The third-order valence-electron chi connectivity index (χ3n) is 2.27. The van der Waals surface area contributed by atoms with Crippen LogP contribution in [0.5, 0.6) is 0 Å². The fourth-order valence-corrected chi connectivity index (χ4v) is 1.34. The van der Waals surface area contributed by atoms with Gasteiger partial charge < -0.3 is 19.9 Å². The highest BCUT2D eigenvalue weighted by atomic mass is 16.5. The van der Waals surface area contributed by atoms with E-state index >= 15 is 0 Å². The van der Waals surface area contributed by atoms with Crippen LogP contribution in [-0.4, -0.2) is 70.6 Å². The van der Waals surface area contributed by atoms with E-state index in [-0.39, 0.29) is 5.97 Å². The smallest absolute Gasteiger partial charge is 0.324 e. The van der Waals surface area contributed by atoms with Gasteiger partial charge in [-0.1, -0.05) is 0 Å². The van der Waals surface area contributed by atoms with Gasteiger partial charge >= 0.3 is 5.97 Å². The van der Waals surface area contributed by atoms with Gasteiger partial charge in [0, 0.05) is 33.9 Å². The molecule has 0 fully saturated rings. The molecule has 1 unspecified atom stereocenters. The molecule has 0 radical (unpaired) electrons. The van der Waals surface area contributed by atoms with Crippen molar-refractivity contribution in [3.8, 4) is 0 Å². The highest BCUT2D eigenvalue weighted by molar-refractivity contribution is 5.75. The minimum Gasteiger partial charge on any atom is -0.465 e. The fraction of sp³-hybridized carbons (Fsp3) is 0.909. The van der Waals surface area contributed by atoms with Crippen molar-refractivity contribution in [1.82, 2.24) is 4.90 Å². The van der Waals surface area contributed by atoms with Gasteiger partial charge in [0.1, 0.15) is 6.04 Å². The van der Waals surface area contributed by atoms with Gasteiger partial charge in [-0.3, -0.25) is 9.69 Å². The van der Waals surface area contributed by atoms with Crippen molar-refractivity contribution < 1.29 is 19.0 Å². The molecule has 0 saturated heterocycles. The molecule has 0 aliphatic carbocycles. The second kappa shape index (κ2) is 10.5. The minimum absolute atomic E-state index is 0.350. The van der Waals surface area contributed by atoms with Gasteiger partial charge in [0.25, 0.3) is 0 Å². The Labute approximate surface area is 103 Å². The molecular formula is C11H24N2O4. The Morgan fingerprint density at radius 1 is 1.24 bits per heavy atom. The van der Waals surface area contributed by atoms with Crippen molar-refractivity contribution in [3.05, 3.63) is 0 Å². The maximum absolute atomic E-state index is 11.4. The molecule has 2 N–H and O–H groups in total. The fourth-order valence-electron chi connectivity index (χ4n) is 1.34. The Morgan fingerprint density at radius 3 is 2.18 bits per heavy atom. The Bertz CT molecular complexity index is 194. The van der Waals surface area contributed by atoms with Crippen molar-refractivity contribution in [2.45, 2.75) is 13.0 Å². The van der Waals surface area contributed by atoms with Crippen molar-refractivity contribution in [3.63, 3.8) is 0 Å². The molecule has 6 nitrogen and oxygen atoms in total. The zero-order valence-electron chi connectivity index (χ0n) is 11.0. The number of methoxy groups -OCH3 is 2. The van der Waals surface area contributed by atoms with Crippen molar-refractivity contribution >= 4 is 5.97 Å². The molecule has 102 valence electrons. The normalized spacial score (nSPS) is 12.8. The average Bonchev–Trinajstić information content (AvgIpc) is 2.32. The highest BCUT2D eigenvalue weighted by Gasteiger charge is 2.18. The number of esters is 1. The summed E-state index contributed by atoms with van der Waals surface area (Å²) in [5.74, 6) is -0.368. The molecule has 6 heteroatoms. The molecule has 0 rings (SSSR count). The third-order valence-corrected chi connectivity index (χ3v) is 2.27. The Hall–Kier alpha value is -0.690. The van der Waals surface area contributed by atoms with Gasteiger partial charge in [0.05, 0.1) is 19.8 Å². The maximum atomic E-state index is 11.4. The number of rotatable bonds is 10. The summed E-state index contributed by atoms with van der Waals surface area (Å²) >= 11 is 0. The Kier molecular flexibility index (Phi) is 10.0. The first-order valence-electron chi connectivity index (χ1n) is 5.78. The summed E-state index contributed by atoms with van der Waals surface area (Å²) in [6, 6.07) is -0.622. The molecule has 0 aliphatic heterocycles. The monoisotopic (exact) mass is 248 g/mol. The molecule has 0 spiro atoms. The number of hydrogen-bond acceptors (Lipinski definition) is 6. The van der Waals surface area contributed by atoms with E-state index < -0.39 is 6.04 Å². The van der Waals surface area contributed by atoms with Crippen molar-refractivity contribution in [1.29, 1.82) is 0 Å². The summed E-state index contributed by atoms with van der Waals surface area (Å²) < 4.78 is 14.9. The van der Waals surface area contributed by atoms with Crippen LogP contribution in [0.1, 0.15) is 6.92 Å². The summed E-state index contributed by atoms with van der Waals surface area (Å²) in [4.78, 5) is 13.4. The zero-order chi connectivity index (χ0) is 13.1. The quantitative estimate of drug-likeness (QED) is 0.524. The molecule has 0 aliphatic rings. The Morgan fingerprint density at radius 2 is 1.76 bits per heavy atom. The van der Waals surface area contributed by atoms with E-state index in [0.29, 0.717) is 39.5 Å².